The highest BCUT2D eigenvalue weighted by Gasteiger charge is 2.31. The molecule has 2 aliphatic rings. The summed E-state index contributed by atoms with van der Waals surface area (Å²) >= 11 is 0. The van der Waals surface area contributed by atoms with Crippen LogP contribution in [0.4, 0.5) is 0 Å². The molecule has 0 aromatic rings. The molecule has 0 spiro atoms. The van der Waals surface area contributed by atoms with Crippen molar-refractivity contribution in [3.05, 3.63) is 11.6 Å². The predicted octanol–water partition coefficient (Wildman–Crippen LogP) is 2.21. The van der Waals surface area contributed by atoms with Crippen molar-refractivity contribution >= 4 is 5.97 Å². The molecule has 1 fully saturated rings. The molecule has 0 amide bonds. The topological polar surface area (TPSA) is 37.3 Å². The molecule has 0 radical (unpaired) electrons. The quantitative estimate of drug-likeness (QED) is 0.648. The Bertz CT molecular complexity index is 230. The monoisotopic (exact) mass is 166 g/mol. The number of allylic oxidation sites excluding steroid dienone is 1. The van der Waals surface area contributed by atoms with Crippen molar-refractivity contribution in [1.82, 2.24) is 0 Å². The van der Waals surface area contributed by atoms with Gasteiger partial charge in [-0.25, -0.2) is 4.79 Å². The molecule has 0 saturated heterocycles. The van der Waals surface area contributed by atoms with Crippen LogP contribution in [0, 0.1) is 11.8 Å². The van der Waals surface area contributed by atoms with Crippen LogP contribution in [-0.2, 0) is 4.79 Å². The summed E-state index contributed by atoms with van der Waals surface area (Å²) in [6.07, 6.45) is 7.61. The molecule has 0 bridgehead atoms. The second kappa shape index (κ2) is 2.92. The third-order valence-corrected chi connectivity index (χ3v) is 3.24. The molecular weight excluding hydrogens is 152 g/mol. The smallest absolute Gasteiger partial charge is 0.331 e. The summed E-state index contributed by atoms with van der Waals surface area (Å²) in [7, 11) is 0. The molecule has 66 valence electrons. The Morgan fingerprint density at radius 3 is 2.92 bits per heavy atom. The van der Waals surface area contributed by atoms with Gasteiger partial charge in [-0.05, 0) is 37.5 Å². The molecule has 2 nitrogen and oxygen atoms in total. The maximum absolute atomic E-state index is 10.7. The van der Waals surface area contributed by atoms with Gasteiger partial charge in [0.1, 0.15) is 0 Å². The van der Waals surface area contributed by atoms with Crippen LogP contribution in [0.15, 0.2) is 11.6 Å². The first-order valence-corrected chi connectivity index (χ1v) is 4.69. The van der Waals surface area contributed by atoms with Gasteiger partial charge in [0.25, 0.3) is 0 Å². The lowest BCUT2D eigenvalue weighted by molar-refractivity contribution is -0.133. The molecule has 2 rings (SSSR count). The van der Waals surface area contributed by atoms with E-state index in [1.165, 1.54) is 19.3 Å². The Morgan fingerprint density at radius 2 is 2.17 bits per heavy atom. The summed E-state index contributed by atoms with van der Waals surface area (Å²) in [5.41, 5.74) is 0.651. The highest BCUT2D eigenvalue weighted by Crippen LogP contribution is 2.41. The predicted molar refractivity (Wildman–Crippen MR) is 45.8 cm³/mol. The van der Waals surface area contributed by atoms with Crippen molar-refractivity contribution in [2.45, 2.75) is 32.1 Å². The average Bonchev–Trinajstić information content (AvgIpc) is 2.49. The van der Waals surface area contributed by atoms with Gasteiger partial charge in [-0.3, -0.25) is 0 Å². The van der Waals surface area contributed by atoms with Crippen LogP contribution in [0.1, 0.15) is 32.1 Å². The Morgan fingerprint density at radius 1 is 1.42 bits per heavy atom. The molecule has 0 heterocycles. The first kappa shape index (κ1) is 7.84. The van der Waals surface area contributed by atoms with Crippen LogP contribution in [0.5, 0.6) is 0 Å². The zero-order valence-electron chi connectivity index (χ0n) is 7.12. The van der Waals surface area contributed by atoms with Gasteiger partial charge in [0.05, 0.1) is 0 Å². The second-order valence-corrected chi connectivity index (χ2v) is 3.93. The Kier molecular flexibility index (Phi) is 1.91. The van der Waals surface area contributed by atoms with Gasteiger partial charge in [-0.15, -0.1) is 0 Å². The molecule has 0 aliphatic heterocycles. The normalized spacial score (nSPS) is 34.2. The number of carbonyl (C=O) groups is 1. The van der Waals surface area contributed by atoms with E-state index < -0.39 is 5.97 Å². The zero-order valence-corrected chi connectivity index (χ0v) is 7.12. The van der Waals surface area contributed by atoms with Crippen molar-refractivity contribution in [1.29, 1.82) is 0 Å². The van der Waals surface area contributed by atoms with Gasteiger partial charge in [0, 0.05) is 5.57 Å². The van der Waals surface area contributed by atoms with Gasteiger partial charge in [0.15, 0.2) is 0 Å². The fraction of sp³-hybridized carbons (Fsp3) is 0.700. The zero-order chi connectivity index (χ0) is 8.55. The number of fused-ring (bicyclic) bond motifs is 1. The minimum atomic E-state index is -0.708. The number of hydrogen-bond donors (Lipinski definition) is 1. The van der Waals surface area contributed by atoms with E-state index in [9.17, 15) is 4.79 Å². The van der Waals surface area contributed by atoms with E-state index in [1.54, 1.807) is 0 Å². The minimum absolute atomic E-state index is 0.651. The fourth-order valence-electron chi connectivity index (χ4n) is 2.53. The van der Waals surface area contributed by atoms with E-state index in [-0.39, 0.29) is 0 Å². The molecule has 1 N–H and O–H groups in total. The van der Waals surface area contributed by atoms with Gasteiger partial charge in [-0.2, -0.15) is 0 Å². The molecule has 0 aromatic carbocycles. The van der Waals surface area contributed by atoms with E-state index in [1.807, 2.05) is 6.08 Å². The van der Waals surface area contributed by atoms with Crippen LogP contribution in [0.25, 0.3) is 0 Å². The van der Waals surface area contributed by atoms with Crippen molar-refractivity contribution in [2.24, 2.45) is 11.8 Å². The molecule has 0 aromatic heterocycles. The van der Waals surface area contributed by atoms with Gasteiger partial charge in [-0.1, -0.05) is 12.5 Å². The Hall–Kier alpha value is -0.790. The largest absolute Gasteiger partial charge is 0.478 e. The van der Waals surface area contributed by atoms with E-state index in [0.29, 0.717) is 11.5 Å². The first-order chi connectivity index (χ1) is 5.77. The van der Waals surface area contributed by atoms with Gasteiger partial charge >= 0.3 is 5.97 Å². The Labute approximate surface area is 72.3 Å². The average molecular weight is 166 g/mol. The van der Waals surface area contributed by atoms with Crippen molar-refractivity contribution in [3.63, 3.8) is 0 Å². The van der Waals surface area contributed by atoms with Crippen LogP contribution < -0.4 is 0 Å². The number of hydrogen-bond acceptors (Lipinski definition) is 1. The molecule has 2 unspecified atom stereocenters. The van der Waals surface area contributed by atoms with E-state index in [0.717, 1.165) is 18.8 Å². The summed E-state index contributed by atoms with van der Waals surface area (Å²) in [4.78, 5) is 10.7. The van der Waals surface area contributed by atoms with Crippen molar-refractivity contribution in [3.8, 4) is 0 Å². The summed E-state index contributed by atoms with van der Waals surface area (Å²) in [5.74, 6) is 0.773. The van der Waals surface area contributed by atoms with Gasteiger partial charge < -0.3 is 5.11 Å². The number of rotatable bonds is 1. The van der Waals surface area contributed by atoms with Crippen LogP contribution in [0.3, 0.4) is 0 Å². The molecule has 12 heavy (non-hydrogen) atoms. The van der Waals surface area contributed by atoms with Crippen LogP contribution >= 0.6 is 0 Å². The SMILES string of the molecule is O=C(O)C1=CCC2CCCC2C1. The number of carboxylic acid groups (broad SMARTS) is 1. The lowest BCUT2D eigenvalue weighted by atomic mass is 9.82. The summed E-state index contributed by atoms with van der Waals surface area (Å²) in [5, 5.41) is 8.79. The lowest BCUT2D eigenvalue weighted by Gasteiger charge is -2.23. The lowest BCUT2D eigenvalue weighted by Crippen LogP contribution is -2.16. The molecular formula is C10H14O2. The van der Waals surface area contributed by atoms with Crippen molar-refractivity contribution < 1.29 is 9.90 Å². The standard InChI is InChI=1S/C10H14O2/c11-10(12)9-5-4-7-2-1-3-8(7)6-9/h5,7-8H,1-4,6H2,(H,11,12). The minimum Gasteiger partial charge on any atom is -0.478 e. The highest BCUT2D eigenvalue weighted by atomic mass is 16.4. The third-order valence-electron chi connectivity index (χ3n) is 3.24. The van der Waals surface area contributed by atoms with Crippen LogP contribution in [0.2, 0.25) is 0 Å². The summed E-state index contributed by atoms with van der Waals surface area (Å²) in [6, 6.07) is 0. The highest BCUT2D eigenvalue weighted by molar-refractivity contribution is 5.86. The van der Waals surface area contributed by atoms with Crippen LogP contribution in [-0.4, -0.2) is 11.1 Å². The van der Waals surface area contributed by atoms with E-state index in [2.05, 4.69) is 0 Å². The fourth-order valence-corrected chi connectivity index (χ4v) is 2.53. The molecule has 2 aliphatic carbocycles. The summed E-state index contributed by atoms with van der Waals surface area (Å²) < 4.78 is 0. The molecule has 1 saturated carbocycles. The molecule has 2 heteroatoms. The Balaban J connectivity index is 2.09. The summed E-state index contributed by atoms with van der Waals surface area (Å²) in [6.45, 7) is 0. The number of aliphatic carboxylic acids is 1. The number of carboxylic acids is 1. The van der Waals surface area contributed by atoms with E-state index >= 15 is 0 Å². The first-order valence-electron chi connectivity index (χ1n) is 4.69. The maximum Gasteiger partial charge on any atom is 0.331 e. The third kappa shape index (κ3) is 1.26. The van der Waals surface area contributed by atoms with Gasteiger partial charge in [0.2, 0.25) is 0 Å². The second-order valence-electron chi connectivity index (χ2n) is 3.93. The maximum atomic E-state index is 10.7. The van der Waals surface area contributed by atoms with Crippen molar-refractivity contribution in [2.75, 3.05) is 0 Å². The molecule has 2 atom stereocenters. The van der Waals surface area contributed by atoms with E-state index in [4.69, 9.17) is 5.11 Å².